The summed E-state index contributed by atoms with van der Waals surface area (Å²) >= 11 is 0. The molecule has 2 aromatic heterocycles. The molecule has 6 nitrogen and oxygen atoms in total. The number of amides is 1. The molecule has 0 radical (unpaired) electrons. The van der Waals surface area contributed by atoms with E-state index in [-0.39, 0.29) is 5.82 Å². The first kappa shape index (κ1) is 20.9. The topological polar surface area (TPSA) is 77.0 Å². The summed E-state index contributed by atoms with van der Waals surface area (Å²) in [6.45, 7) is 7.33. The number of hydrogen-bond acceptors (Lipinski definition) is 5. The van der Waals surface area contributed by atoms with Crippen LogP contribution in [0.4, 0.5) is 15.0 Å². The van der Waals surface area contributed by atoms with Gasteiger partial charge in [0, 0.05) is 23.4 Å². The number of aryl methyl sites for hydroxylation is 1. The van der Waals surface area contributed by atoms with Gasteiger partial charge in [0.2, 0.25) is 0 Å². The summed E-state index contributed by atoms with van der Waals surface area (Å²) in [7, 11) is 0. The standard InChI is InChI=1S/C24H25FN4O2/c1-14-9-10-26-29-22(14)19-13-17(25)7-8-18(19)16-11-20(15-5-6-15)27-21(12-16)28-23(30)31-24(2,3)4/h7-13,15H,5-6H2,1-4H3,(H,27,28,30). The van der Waals surface area contributed by atoms with Crippen LogP contribution in [0.3, 0.4) is 0 Å². The number of hydrogen-bond donors (Lipinski definition) is 1. The lowest BCUT2D eigenvalue weighted by Gasteiger charge is -2.20. The SMILES string of the molecule is Cc1ccnnc1-c1cc(F)ccc1-c1cc(NC(=O)OC(C)(C)C)nc(C2CC2)c1. The first-order chi connectivity index (χ1) is 14.7. The lowest BCUT2D eigenvalue weighted by atomic mass is 9.95. The largest absolute Gasteiger partial charge is 0.444 e. The summed E-state index contributed by atoms with van der Waals surface area (Å²) in [5.41, 5.74) is 4.05. The molecule has 1 aromatic carbocycles. The van der Waals surface area contributed by atoms with Crippen molar-refractivity contribution in [3.8, 4) is 22.4 Å². The highest BCUT2D eigenvalue weighted by molar-refractivity contribution is 5.87. The highest BCUT2D eigenvalue weighted by Crippen LogP contribution is 2.42. The molecule has 1 fully saturated rings. The average molecular weight is 420 g/mol. The summed E-state index contributed by atoms with van der Waals surface area (Å²) in [5.74, 6) is 0.411. The molecule has 1 saturated carbocycles. The van der Waals surface area contributed by atoms with Gasteiger partial charge in [-0.3, -0.25) is 5.32 Å². The van der Waals surface area contributed by atoms with Gasteiger partial charge < -0.3 is 4.74 Å². The molecule has 0 saturated heterocycles. The Hall–Kier alpha value is -3.35. The second-order valence-corrected chi connectivity index (χ2v) is 8.82. The minimum Gasteiger partial charge on any atom is -0.444 e. The van der Waals surface area contributed by atoms with E-state index < -0.39 is 11.7 Å². The van der Waals surface area contributed by atoms with Crippen molar-refractivity contribution < 1.29 is 13.9 Å². The minimum absolute atomic E-state index is 0.354. The van der Waals surface area contributed by atoms with E-state index in [0.717, 1.165) is 35.2 Å². The van der Waals surface area contributed by atoms with Gasteiger partial charge in [0.15, 0.2) is 0 Å². The second kappa shape index (κ2) is 8.06. The summed E-state index contributed by atoms with van der Waals surface area (Å²) in [6, 6.07) is 10.2. The van der Waals surface area contributed by atoms with Crippen molar-refractivity contribution in [1.29, 1.82) is 0 Å². The molecular weight excluding hydrogens is 395 g/mol. The fraction of sp³-hybridized carbons (Fsp3) is 0.333. The molecule has 7 heteroatoms. The molecule has 0 bridgehead atoms. The zero-order chi connectivity index (χ0) is 22.2. The number of carbonyl (C=O) groups excluding carboxylic acids is 1. The van der Waals surface area contributed by atoms with Gasteiger partial charge in [-0.15, -0.1) is 0 Å². The Balaban J connectivity index is 1.79. The number of halogens is 1. The Morgan fingerprint density at radius 2 is 1.90 bits per heavy atom. The molecule has 0 aliphatic heterocycles. The fourth-order valence-corrected chi connectivity index (χ4v) is 3.39. The zero-order valence-electron chi connectivity index (χ0n) is 18.1. The molecule has 4 rings (SSSR count). The van der Waals surface area contributed by atoms with E-state index in [2.05, 4.69) is 20.5 Å². The molecule has 0 atom stereocenters. The van der Waals surface area contributed by atoms with E-state index in [1.54, 1.807) is 39.1 Å². The van der Waals surface area contributed by atoms with Crippen molar-refractivity contribution in [2.24, 2.45) is 0 Å². The lowest BCUT2D eigenvalue weighted by molar-refractivity contribution is 0.0635. The molecule has 31 heavy (non-hydrogen) atoms. The Morgan fingerprint density at radius 3 is 2.58 bits per heavy atom. The molecule has 1 N–H and O–H groups in total. The molecule has 160 valence electrons. The molecule has 1 aliphatic carbocycles. The second-order valence-electron chi connectivity index (χ2n) is 8.82. The monoisotopic (exact) mass is 420 g/mol. The molecule has 0 spiro atoms. The maximum absolute atomic E-state index is 14.2. The van der Waals surface area contributed by atoms with Crippen LogP contribution in [-0.4, -0.2) is 26.9 Å². The van der Waals surface area contributed by atoms with Crippen LogP contribution in [0.15, 0.2) is 42.6 Å². The predicted octanol–water partition coefficient (Wildman–Crippen LogP) is 5.88. The lowest BCUT2D eigenvalue weighted by Crippen LogP contribution is -2.27. The Bertz CT molecular complexity index is 1140. The van der Waals surface area contributed by atoms with Crippen LogP contribution in [0.1, 0.15) is 50.8 Å². The van der Waals surface area contributed by atoms with Crippen LogP contribution in [0.5, 0.6) is 0 Å². The van der Waals surface area contributed by atoms with Crippen molar-refractivity contribution in [3.63, 3.8) is 0 Å². The average Bonchev–Trinajstić information content (AvgIpc) is 3.52. The number of pyridine rings is 1. The van der Waals surface area contributed by atoms with Crippen LogP contribution in [0, 0.1) is 12.7 Å². The van der Waals surface area contributed by atoms with E-state index >= 15 is 0 Å². The smallest absolute Gasteiger partial charge is 0.413 e. The predicted molar refractivity (Wildman–Crippen MR) is 117 cm³/mol. The molecule has 1 aliphatic rings. The van der Waals surface area contributed by atoms with E-state index in [0.29, 0.717) is 23.0 Å². The van der Waals surface area contributed by atoms with Gasteiger partial charge in [-0.2, -0.15) is 10.2 Å². The third-order valence-corrected chi connectivity index (χ3v) is 4.94. The maximum Gasteiger partial charge on any atom is 0.413 e. The highest BCUT2D eigenvalue weighted by atomic mass is 19.1. The number of anilines is 1. The Kier molecular flexibility index (Phi) is 5.43. The molecule has 2 heterocycles. The number of nitrogens with zero attached hydrogens (tertiary/aromatic N) is 3. The van der Waals surface area contributed by atoms with Crippen molar-refractivity contribution >= 4 is 11.9 Å². The van der Waals surface area contributed by atoms with Crippen molar-refractivity contribution in [3.05, 3.63) is 59.7 Å². The van der Waals surface area contributed by atoms with Crippen molar-refractivity contribution in [2.45, 2.75) is 52.1 Å². The van der Waals surface area contributed by atoms with Crippen LogP contribution in [0.25, 0.3) is 22.4 Å². The number of nitrogens with one attached hydrogen (secondary N) is 1. The zero-order valence-corrected chi connectivity index (χ0v) is 18.1. The summed E-state index contributed by atoms with van der Waals surface area (Å²) in [4.78, 5) is 16.9. The van der Waals surface area contributed by atoms with Gasteiger partial charge in [-0.05, 0) is 87.6 Å². The fourth-order valence-electron chi connectivity index (χ4n) is 3.39. The van der Waals surface area contributed by atoms with Crippen LogP contribution in [0.2, 0.25) is 0 Å². The molecule has 0 unspecified atom stereocenters. The van der Waals surface area contributed by atoms with Gasteiger partial charge in [0.25, 0.3) is 0 Å². The van der Waals surface area contributed by atoms with Gasteiger partial charge in [-0.1, -0.05) is 6.07 Å². The number of rotatable bonds is 4. The first-order valence-electron chi connectivity index (χ1n) is 10.3. The van der Waals surface area contributed by atoms with Gasteiger partial charge in [0.05, 0.1) is 5.69 Å². The highest BCUT2D eigenvalue weighted by Gasteiger charge is 2.27. The molecule has 1 amide bonds. The van der Waals surface area contributed by atoms with Gasteiger partial charge in [-0.25, -0.2) is 14.2 Å². The summed E-state index contributed by atoms with van der Waals surface area (Å²) in [6.07, 6.45) is 3.16. The van der Waals surface area contributed by atoms with Crippen LogP contribution < -0.4 is 5.32 Å². The summed E-state index contributed by atoms with van der Waals surface area (Å²) in [5, 5.41) is 10.9. The van der Waals surface area contributed by atoms with E-state index in [4.69, 9.17) is 4.74 Å². The number of benzene rings is 1. The van der Waals surface area contributed by atoms with Crippen molar-refractivity contribution in [1.82, 2.24) is 15.2 Å². The molecular formula is C24H25FN4O2. The van der Waals surface area contributed by atoms with Gasteiger partial charge in [0.1, 0.15) is 17.2 Å². The van der Waals surface area contributed by atoms with Crippen LogP contribution in [-0.2, 0) is 4.74 Å². The van der Waals surface area contributed by atoms with E-state index in [9.17, 15) is 9.18 Å². The Labute approximate surface area is 180 Å². The number of carbonyl (C=O) groups is 1. The summed E-state index contributed by atoms with van der Waals surface area (Å²) < 4.78 is 19.5. The third-order valence-electron chi connectivity index (χ3n) is 4.94. The van der Waals surface area contributed by atoms with Crippen molar-refractivity contribution in [2.75, 3.05) is 5.32 Å². The van der Waals surface area contributed by atoms with Gasteiger partial charge >= 0.3 is 6.09 Å². The Morgan fingerprint density at radius 1 is 1.13 bits per heavy atom. The third kappa shape index (κ3) is 5.05. The number of ether oxygens (including phenoxy) is 1. The quantitative estimate of drug-likeness (QED) is 0.570. The van der Waals surface area contributed by atoms with Crippen LogP contribution >= 0.6 is 0 Å². The number of aromatic nitrogens is 3. The molecule has 3 aromatic rings. The normalized spacial score (nSPS) is 13.7. The maximum atomic E-state index is 14.2. The van der Waals surface area contributed by atoms with E-state index in [1.165, 1.54) is 12.1 Å². The van der Waals surface area contributed by atoms with E-state index in [1.807, 2.05) is 19.1 Å². The minimum atomic E-state index is -0.616. The first-order valence-corrected chi connectivity index (χ1v) is 10.3.